The van der Waals surface area contributed by atoms with Gasteiger partial charge in [0.2, 0.25) is 0 Å². The highest BCUT2D eigenvalue weighted by Gasteiger charge is 2.24. The summed E-state index contributed by atoms with van der Waals surface area (Å²) >= 11 is 0. The number of aliphatic carboxylic acids is 1. The van der Waals surface area contributed by atoms with Crippen molar-refractivity contribution in [1.29, 1.82) is 0 Å². The lowest BCUT2D eigenvalue weighted by molar-refractivity contribution is -0.137. The highest BCUT2D eigenvalue weighted by Crippen LogP contribution is 2.23. The van der Waals surface area contributed by atoms with Gasteiger partial charge in [0.1, 0.15) is 0 Å². The molecule has 2 amide bonds. The number of nitrogens with one attached hydrogen (secondary N) is 1. The number of amides is 2. The molecule has 1 aliphatic rings. The molecule has 0 unspecified atom stereocenters. The van der Waals surface area contributed by atoms with E-state index in [1.165, 1.54) is 12.8 Å². The first-order valence-electron chi connectivity index (χ1n) is 7.41. The molecule has 0 saturated heterocycles. The molecule has 0 aromatic heterocycles. The zero-order valence-electron chi connectivity index (χ0n) is 11.9. The lowest BCUT2D eigenvalue weighted by Gasteiger charge is -2.27. The third kappa shape index (κ3) is 5.94. The molecule has 1 saturated carbocycles. The molecule has 0 aromatic rings. The Morgan fingerprint density at radius 2 is 1.89 bits per heavy atom. The van der Waals surface area contributed by atoms with Gasteiger partial charge in [-0.3, -0.25) is 4.79 Å². The molecular weight excluding hydrogens is 244 g/mol. The van der Waals surface area contributed by atoms with Crippen LogP contribution in [0, 0.1) is 0 Å². The third-order valence-electron chi connectivity index (χ3n) is 3.71. The lowest BCUT2D eigenvalue weighted by Crippen LogP contribution is -2.45. The number of carboxylic acid groups (broad SMARTS) is 1. The van der Waals surface area contributed by atoms with Gasteiger partial charge in [-0.15, -0.1) is 0 Å². The Labute approximate surface area is 115 Å². The largest absolute Gasteiger partial charge is 0.481 e. The number of urea groups is 1. The summed E-state index contributed by atoms with van der Waals surface area (Å²) in [4.78, 5) is 24.3. The van der Waals surface area contributed by atoms with Crippen LogP contribution in [-0.2, 0) is 4.79 Å². The Kier molecular flexibility index (Phi) is 7.30. The summed E-state index contributed by atoms with van der Waals surface area (Å²) in [5, 5.41) is 11.4. The minimum absolute atomic E-state index is 0.0348. The molecule has 2 N–H and O–H groups in total. The van der Waals surface area contributed by atoms with Crippen molar-refractivity contribution in [2.75, 3.05) is 13.1 Å². The quantitative estimate of drug-likeness (QED) is 0.666. The predicted molar refractivity (Wildman–Crippen MR) is 74.1 cm³/mol. The first-order chi connectivity index (χ1) is 9.15. The zero-order chi connectivity index (χ0) is 14.1. The molecule has 0 spiro atoms. The average Bonchev–Trinajstić information content (AvgIpc) is 2.88. The van der Waals surface area contributed by atoms with Crippen molar-refractivity contribution in [3.8, 4) is 0 Å². The fourth-order valence-electron chi connectivity index (χ4n) is 2.66. The first-order valence-corrected chi connectivity index (χ1v) is 7.41. The van der Waals surface area contributed by atoms with Gasteiger partial charge in [0, 0.05) is 25.6 Å². The van der Waals surface area contributed by atoms with E-state index in [1.54, 1.807) is 0 Å². The van der Waals surface area contributed by atoms with Gasteiger partial charge < -0.3 is 15.3 Å². The van der Waals surface area contributed by atoms with Gasteiger partial charge >= 0.3 is 12.0 Å². The molecule has 0 bridgehead atoms. The molecule has 1 rings (SSSR count). The van der Waals surface area contributed by atoms with Crippen LogP contribution in [0.25, 0.3) is 0 Å². The van der Waals surface area contributed by atoms with E-state index in [0.717, 1.165) is 32.2 Å². The number of carbonyl (C=O) groups is 2. The highest BCUT2D eigenvalue weighted by molar-refractivity contribution is 5.74. The monoisotopic (exact) mass is 270 g/mol. The van der Waals surface area contributed by atoms with Crippen LogP contribution >= 0.6 is 0 Å². The van der Waals surface area contributed by atoms with Crippen LogP contribution in [0.5, 0.6) is 0 Å². The van der Waals surface area contributed by atoms with Crippen LogP contribution in [0.2, 0.25) is 0 Å². The molecule has 0 aliphatic heterocycles. The molecule has 19 heavy (non-hydrogen) atoms. The number of nitrogens with zero attached hydrogens (tertiary/aromatic N) is 1. The molecule has 5 heteroatoms. The normalized spacial score (nSPS) is 15.4. The van der Waals surface area contributed by atoms with Crippen molar-refractivity contribution in [2.24, 2.45) is 0 Å². The van der Waals surface area contributed by atoms with E-state index in [9.17, 15) is 9.59 Å². The molecule has 1 aliphatic carbocycles. The summed E-state index contributed by atoms with van der Waals surface area (Å²) in [6.45, 7) is 3.42. The Hall–Kier alpha value is -1.26. The summed E-state index contributed by atoms with van der Waals surface area (Å²) in [5.74, 6) is -0.748. The van der Waals surface area contributed by atoms with Crippen molar-refractivity contribution in [3.63, 3.8) is 0 Å². The van der Waals surface area contributed by atoms with Crippen LogP contribution in [-0.4, -0.2) is 41.1 Å². The summed E-state index contributed by atoms with van der Waals surface area (Å²) in [5.41, 5.74) is 0. The Balaban J connectivity index is 2.13. The van der Waals surface area contributed by atoms with E-state index in [2.05, 4.69) is 5.32 Å². The molecule has 1 fully saturated rings. The Bertz CT molecular complexity index is 288. The van der Waals surface area contributed by atoms with E-state index in [1.807, 2.05) is 11.8 Å². The van der Waals surface area contributed by atoms with Gasteiger partial charge in [0.05, 0.1) is 0 Å². The smallest absolute Gasteiger partial charge is 0.317 e. The summed E-state index contributed by atoms with van der Waals surface area (Å²) < 4.78 is 0. The maximum absolute atomic E-state index is 12.0. The number of carbonyl (C=O) groups excluding carboxylic acids is 1. The number of rotatable bonds is 8. The third-order valence-corrected chi connectivity index (χ3v) is 3.71. The fourth-order valence-corrected chi connectivity index (χ4v) is 2.66. The lowest BCUT2D eigenvalue weighted by atomic mass is 10.2. The van der Waals surface area contributed by atoms with Gasteiger partial charge in [-0.05, 0) is 32.6 Å². The highest BCUT2D eigenvalue weighted by atomic mass is 16.4. The Morgan fingerprint density at radius 3 is 2.47 bits per heavy atom. The minimum atomic E-state index is -0.748. The second-order valence-corrected chi connectivity index (χ2v) is 5.16. The predicted octanol–water partition coefficient (Wildman–Crippen LogP) is 2.61. The number of hydrogen-bond donors (Lipinski definition) is 2. The summed E-state index contributed by atoms with van der Waals surface area (Å²) in [6, 6.07) is 0.449. The topological polar surface area (TPSA) is 69.6 Å². The van der Waals surface area contributed by atoms with Crippen molar-refractivity contribution in [1.82, 2.24) is 10.2 Å². The van der Waals surface area contributed by atoms with Gasteiger partial charge in [-0.1, -0.05) is 19.3 Å². The molecule has 0 heterocycles. The van der Waals surface area contributed by atoms with E-state index in [0.29, 0.717) is 19.0 Å². The maximum atomic E-state index is 12.0. The summed E-state index contributed by atoms with van der Waals surface area (Å²) in [7, 11) is 0. The summed E-state index contributed by atoms with van der Waals surface area (Å²) in [6.07, 6.45) is 7.30. The van der Waals surface area contributed by atoms with Crippen LogP contribution in [0.1, 0.15) is 58.3 Å². The van der Waals surface area contributed by atoms with Crippen molar-refractivity contribution in [2.45, 2.75) is 64.3 Å². The zero-order valence-corrected chi connectivity index (χ0v) is 11.9. The standard InChI is InChI=1S/C14H26N2O3/c1-2-16(12-8-5-6-9-12)14(19)15-11-7-3-4-10-13(17)18/h12H,2-11H2,1H3,(H,15,19)(H,17,18). The van der Waals surface area contributed by atoms with E-state index < -0.39 is 5.97 Å². The minimum Gasteiger partial charge on any atom is -0.481 e. The molecule has 110 valence electrons. The molecule has 0 aromatic carbocycles. The Morgan fingerprint density at radius 1 is 1.21 bits per heavy atom. The number of carboxylic acids is 1. The van der Waals surface area contributed by atoms with Crippen molar-refractivity contribution >= 4 is 12.0 Å². The van der Waals surface area contributed by atoms with E-state index >= 15 is 0 Å². The fraction of sp³-hybridized carbons (Fsp3) is 0.857. The van der Waals surface area contributed by atoms with Crippen molar-refractivity contribution in [3.05, 3.63) is 0 Å². The first kappa shape index (κ1) is 15.8. The number of hydrogen-bond acceptors (Lipinski definition) is 2. The SMILES string of the molecule is CCN(C(=O)NCCCCCC(=O)O)C1CCCC1. The van der Waals surface area contributed by atoms with Crippen LogP contribution < -0.4 is 5.32 Å². The molecule has 0 atom stereocenters. The second-order valence-electron chi connectivity index (χ2n) is 5.16. The van der Waals surface area contributed by atoms with Gasteiger partial charge in [0.15, 0.2) is 0 Å². The molecule has 5 nitrogen and oxygen atoms in total. The van der Waals surface area contributed by atoms with Gasteiger partial charge in [-0.25, -0.2) is 4.79 Å². The van der Waals surface area contributed by atoms with E-state index in [-0.39, 0.29) is 12.5 Å². The number of unbranched alkanes of at least 4 members (excludes halogenated alkanes) is 2. The van der Waals surface area contributed by atoms with E-state index in [4.69, 9.17) is 5.11 Å². The van der Waals surface area contributed by atoms with Gasteiger partial charge in [0.25, 0.3) is 0 Å². The maximum Gasteiger partial charge on any atom is 0.317 e. The van der Waals surface area contributed by atoms with Crippen LogP contribution in [0.3, 0.4) is 0 Å². The second kappa shape index (κ2) is 8.77. The molecule has 0 radical (unpaired) electrons. The van der Waals surface area contributed by atoms with Crippen LogP contribution in [0.4, 0.5) is 4.79 Å². The van der Waals surface area contributed by atoms with Crippen molar-refractivity contribution < 1.29 is 14.7 Å². The molecular formula is C14H26N2O3. The average molecular weight is 270 g/mol. The van der Waals surface area contributed by atoms with Crippen LogP contribution in [0.15, 0.2) is 0 Å². The van der Waals surface area contributed by atoms with Gasteiger partial charge in [-0.2, -0.15) is 0 Å².